The minimum atomic E-state index is -0.681. The molecule has 2 aromatic heterocycles. The Morgan fingerprint density at radius 3 is 2.67 bits per heavy atom. The molecule has 0 spiro atoms. The van der Waals surface area contributed by atoms with Crippen molar-refractivity contribution in [1.82, 2.24) is 14.8 Å². The van der Waals surface area contributed by atoms with Gasteiger partial charge in [0.2, 0.25) is 5.95 Å². The van der Waals surface area contributed by atoms with Crippen LogP contribution >= 0.6 is 11.8 Å². The average Bonchev–Trinajstić information content (AvgIpc) is 3.52. The highest BCUT2D eigenvalue weighted by molar-refractivity contribution is 7.99. The van der Waals surface area contributed by atoms with Crippen molar-refractivity contribution in [3.8, 4) is 5.75 Å². The number of aliphatic hydroxyl groups is 1. The zero-order valence-electron chi connectivity index (χ0n) is 18.9. The number of anilines is 1. The minimum absolute atomic E-state index is 0.0977. The number of ketones is 1. The summed E-state index contributed by atoms with van der Waals surface area (Å²) in [4.78, 5) is 14.0. The fraction of sp³-hybridized carbons (Fsp3) is 0.458. The van der Waals surface area contributed by atoms with Crippen LogP contribution < -0.4 is 9.64 Å². The maximum atomic E-state index is 11.7. The lowest BCUT2D eigenvalue weighted by Gasteiger charge is -2.27. The topological polar surface area (TPSA) is 93.6 Å². The number of carbonyl (C=O) groups excluding carboxylic acids is 1. The van der Waals surface area contributed by atoms with Gasteiger partial charge in [0.25, 0.3) is 0 Å². The van der Waals surface area contributed by atoms with Crippen LogP contribution in [0.3, 0.4) is 0 Å². The molecule has 1 aliphatic heterocycles. The number of furan rings is 1. The van der Waals surface area contributed by atoms with E-state index in [9.17, 15) is 9.90 Å². The van der Waals surface area contributed by atoms with Crippen LogP contribution in [0.25, 0.3) is 0 Å². The zero-order chi connectivity index (χ0) is 23.0. The van der Waals surface area contributed by atoms with Crippen LogP contribution in [-0.2, 0) is 6.54 Å². The van der Waals surface area contributed by atoms with Crippen molar-refractivity contribution in [2.45, 2.75) is 50.4 Å². The molecule has 0 amide bonds. The first-order valence-electron chi connectivity index (χ1n) is 11.4. The van der Waals surface area contributed by atoms with Crippen LogP contribution in [0.5, 0.6) is 5.75 Å². The number of nitrogens with zero attached hydrogens (tertiary/aromatic N) is 4. The van der Waals surface area contributed by atoms with E-state index in [1.807, 2.05) is 19.1 Å². The van der Waals surface area contributed by atoms with Crippen LogP contribution in [0, 0.1) is 0 Å². The lowest BCUT2D eigenvalue weighted by molar-refractivity contribution is 0.0987. The number of carbonyl (C=O) groups is 1. The molecule has 1 saturated heterocycles. The monoisotopic (exact) mass is 470 g/mol. The fourth-order valence-corrected chi connectivity index (χ4v) is 4.60. The average molecular weight is 471 g/mol. The highest BCUT2D eigenvalue weighted by Crippen LogP contribution is 2.26. The number of hydrogen-bond donors (Lipinski definition) is 1. The van der Waals surface area contributed by atoms with Gasteiger partial charge >= 0.3 is 0 Å². The Morgan fingerprint density at radius 1 is 1.18 bits per heavy atom. The molecule has 0 aliphatic carbocycles. The first-order valence-corrected chi connectivity index (χ1v) is 12.4. The SMILES string of the molecule is CCC(=O)c1ccc(OCC(O)CSc2nnc(N3CCCCC3)n2Cc2ccco2)cc1. The molecule has 1 N–H and O–H groups in total. The predicted octanol–water partition coefficient (Wildman–Crippen LogP) is 4.03. The Balaban J connectivity index is 1.35. The summed E-state index contributed by atoms with van der Waals surface area (Å²) in [6.45, 7) is 4.48. The minimum Gasteiger partial charge on any atom is -0.491 e. The van der Waals surface area contributed by atoms with Gasteiger partial charge in [-0.3, -0.25) is 9.36 Å². The van der Waals surface area contributed by atoms with E-state index in [-0.39, 0.29) is 12.4 Å². The maximum absolute atomic E-state index is 11.7. The van der Waals surface area contributed by atoms with E-state index in [1.165, 1.54) is 18.2 Å². The number of aromatic nitrogens is 3. The van der Waals surface area contributed by atoms with Gasteiger partial charge < -0.3 is 19.2 Å². The molecule has 4 rings (SSSR count). The summed E-state index contributed by atoms with van der Waals surface area (Å²) in [5.74, 6) is 2.83. The number of rotatable bonds is 11. The third kappa shape index (κ3) is 6.17. The lowest BCUT2D eigenvalue weighted by atomic mass is 10.1. The van der Waals surface area contributed by atoms with Gasteiger partial charge in [-0.15, -0.1) is 10.2 Å². The number of piperidine rings is 1. The van der Waals surface area contributed by atoms with Crippen molar-refractivity contribution in [1.29, 1.82) is 0 Å². The molecule has 1 aromatic carbocycles. The third-order valence-electron chi connectivity index (χ3n) is 5.57. The predicted molar refractivity (Wildman–Crippen MR) is 127 cm³/mol. The fourth-order valence-electron chi connectivity index (χ4n) is 3.76. The first-order chi connectivity index (χ1) is 16.1. The second kappa shape index (κ2) is 11.4. The van der Waals surface area contributed by atoms with Gasteiger partial charge in [-0.2, -0.15) is 0 Å². The third-order valence-corrected chi connectivity index (χ3v) is 6.69. The summed E-state index contributed by atoms with van der Waals surface area (Å²) < 4.78 is 13.3. The zero-order valence-corrected chi connectivity index (χ0v) is 19.7. The number of aliphatic hydroxyl groups excluding tert-OH is 1. The number of thioether (sulfide) groups is 1. The van der Waals surface area contributed by atoms with Crippen molar-refractivity contribution in [2.24, 2.45) is 0 Å². The van der Waals surface area contributed by atoms with E-state index >= 15 is 0 Å². The molecule has 8 nitrogen and oxygen atoms in total. The maximum Gasteiger partial charge on any atom is 0.228 e. The van der Waals surface area contributed by atoms with Crippen LogP contribution in [0.4, 0.5) is 5.95 Å². The van der Waals surface area contributed by atoms with Gasteiger partial charge in [0.1, 0.15) is 18.1 Å². The summed E-state index contributed by atoms with van der Waals surface area (Å²) in [6.07, 6.45) is 5.01. The molecule has 1 atom stereocenters. The van der Waals surface area contributed by atoms with Crippen molar-refractivity contribution < 1.29 is 19.1 Å². The summed E-state index contributed by atoms with van der Waals surface area (Å²) in [6, 6.07) is 10.8. The van der Waals surface area contributed by atoms with Crippen LogP contribution in [-0.4, -0.2) is 57.2 Å². The highest BCUT2D eigenvalue weighted by Gasteiger charge is 2.22. The van der Waals surface area contributed by atoms with Crippen LogP contribution in [0.1, 0.15) is 48.7 Å². The number of benzene rings is 1. The molecule has 176 valence electrons. The smallest absolute Gasteiger partial charge is 0.228 e. The van der Waals surface area contributed by atoms with Gasteiger partial charge in [-0.05, 0) is 55.7 Å². The van der Waals surface area contributed by atoms with Crippen LogP contribution in [0.15, 0.2) is 52.2 Å². The summed E-state index contributed by atoms with van der Waals surface area (Å²) in [5, 5.41) is 20.1. The lowest BCUT2D eigenvalue weighted by Crippen LogP contribution is -2.32. The Labute approximate surface area is 197 Å². The van der Waals surface area contributed by atoms with Gasteiger partial charge in [0.05, 0.1) is 18.9 Å². The van der Waals surface area contributed by atoms with Gasteiger partial charge in [-0.25, -0.2) is 0 Å². The second-order valence-corrected chi connectivity index (χ2v) is 9.06. The van der Waals surface area contributed by atoms with Crippen LogP contribution in [0.2, 0.25) is 0 Å². The number of hydrogen-bond acceptors (Lipinski definition) is 8. The molecule has 0 radical (unpaired) electrons. The standard InChI is InChI=1S/C24H30N4O4S/c1-2-22(30)18-8-10-20(11-9-18)32-16-19(29)17-33-24-26-25-23(27-12-4-3-5-13-27)28(24)15-21-7-6-14-31-21/h6-11,14,19,29H,2-5,12-13,15-17H2,1H3. The molecule has 1 fully saturated rings. The normalized spacial score (nSPS) is 14.9. The molecule has 3 aromatic rings. The first kappa shape index (κ1) is 23.4. The van der Waals surface area contributed by atoms with E-state index in [1.54, 1.807) is 30.5 Å². The van der Waals surface area contributed by atoms with Crippen molar-refractivity contribution >= 4 is 23.5 Å². The molecule has 0 saturated carbocycles. The molecule has 3 heterocycles. The van der Waals surface area contributed by atoms with E-state index < -0.39 is 6.10 Å². The molecule has 33 heavy (non-hydrogen) atoms. The largest absolute Gasteiger partial charge is 0.491 e. The number of ether oxygens (including phenoxy) is 1. The highest BCUT2D eigenvalue weighted by atomic mass is 32.2. The molecule has 1 aliphatic rings. The quantitative estimate of drug-likeness (QED) is 0.332. The molecule has 9 heteroatoms. The molecular weight excluding hydrogens is 440 g/mol. The second-order valence-electron chi connectivity index (χ2n) is 8.07. The summed E-state index contributed by atoms with van der Waals surface area (Å²) >= 11 is 1.45. The van der Waals surface area contributed by atoms with Gasteiger partial charge in [0.15, 0.2) is 10.9 Å². The van der Waals surface area contributed by atoms with Gasteiger partial charge in [-0.1, -0.05) is 18.7 Å². The molecular formula is C24H30N4O4S. The van der Waals surface area contributed by atoms with E-state index in [2.05, 4.69) is 19.7 Å². The Morgan fingerprint density at radius 2 is 1.97 bits per heavy atom. The summed E-state index contributed by atoms with van der Waals surface area (Å²) in [7, 11) is 0. The van der Waals surface area contributed by atoms with Crippen molar-refractivity contribution in [3.63, 3.8) is 0 Å². The Bertz CT molecular complexity index is 1010. The van der Waals surface area contributed by atoms with E-state index in [0.29, 0.717) is 30.0 Å². The van der Waals surface area contributed by atoms with Crippen molar-refractivity contribution in [3.05, 3.63) is 54.0 Å². The van der Waals surface area contributed by atoms with Gasteiger partial charge in [0, 0.05) is 30.8 Å². The van der Waals surface area contributed by atoms with E-state index in [0.717, 1.165) is 42.8 Å². The Kier molecular flexibility index (Phi) is 8.06. The number of Topliss-reactive ketones (excluding diaryl/α,β-unsaturated/α-hetero) is 1. The Hall–Kier alpha value is -2.78. The summed E-state index contributed by atoms with van der Waals surface area (Å²) in [5.41, 5.74) is 0.668. The molecule has 1 unspecified atom stereocenters. The molecule has 0 bridgehead atoms. The van der Waals surface area contributed by atoms with E-state index in [4.69, 9.17) is 9.15 Å². The van der Waals surface area contributed by atoms with Crippen molar-refractivity contribution in [2.75, 3.05) is 30.3 Å².